The summed E-state index contributed by atoms with van der Waals surface area (Å²) in [5.74, 6) is 0.451. The van der Waals surface area contributed by atoms with Crippen molar-refractivity contribution >= 4 is 11.8 Å². The number of carbonyl (C=O) groups excluding carboxylic acids is 2. The Morgan fingerprint density at radius 3 is 2.67 bits per heavy atom. The van der Waals surface area contributed by atoms with Gasteiger partial charge in [0.15, 0.2) is 0 Å². The fourth-order valence-corrected chi connectivity index (χ4v) is 2.76. The molecule has 2 N–H and O–H groups in total. The first kappa shape index (κ1) is 14.1. The molecule has 5 heteroatoms. The third-order valence-corrected chi connectivity index (χ3v) is 4.26. The van der Waals surface area contributed by atoms with Crippen molar-refractivity contribution in [3.05, 3.63) is 35.4 Å². The van der Waals surface area contributed by atoms with Crippen LogP contribution in [0.25, 0.3) is 0 Å². The lowest BCUT2D eigenvalue weighted by molar-refractivity contribution is -0.128. The molecule has 0 atom stereocenters. The molecule has 0 bridgehead atoms. The van der Waals surface area contributed by atoms with Crippen molar-refractivity contribution in [2.24, 2.45) is 5.92 Å². The summed E-state index contributed by atoms with van der Waals surface area (Å²) < 4.78 is 0. The van der Waals surface area contributed by atoms with E-state index in [-0.39, 0.29) is 17.7 Å². The van der Waals surface area contributed by atoms with E-state index in [2.05, 4.69) is 10.6 Å². The Labute approximate surface area is 124 Å². The fourth-order valence-electron chi connectivity index (χ4n) is 2.76. The number of benzene rings is 1. The van der Waals surface area contributed by atoms with Crippen LogP contribution < -0.4 is 10.6 Å². The molecule has 2 aliphatic rings. The maximum absolute atomic E-state index is 11.9. The Morgan fingerprint density at radius 1 is 1.29 bits per heavy atom. The molecule has 1 aromatic rings. The van der Waals surface area contributed by atoms with Gasteiger partial charge in [0.2, 0.25) is 11.8 Å². The molecule has 2 heterocycles. The number of nitrogens with zero attached hydrogens (tertiary/aromatic N) is 1. The van der Waals surface area contributed by atoms with Gasteiger partial charge in [0, 0.05) is 39.1 Å². The molecule has 0 aromatic heterocycles. The number of nitrogens with one attached hydrogen (secondary N) is 2. The van der Waals surface area contributed by atoms with E-state index in [1.807, 2.05) is 29.2 Å². The predicted octanol–water partition coefficient (Wildman–Crippen LogP) is 0.645. The highest BCUT2D eigenvalue weighted by Crippen LogP contribution is 2.17. The quantitative estimate of drug-likeness (QED) is 0.835. The Hall–Kier alpha value is -1.88. The minimum atomic E-state index is 0.109. The molecule has 112 valence electrons. The second-order valence-corrected chi connectivity index (χ2v) is 5.76. The van der Waals surface area contributed by atoms with Crippen LogP contribution in [0.1, 0.15) is 24.0 Å². The summed E-state index contributed by atoms with van der Waals surface area (Å²) in [7, 11) is 0. The molecule has 2 saturated heterocycles. The van der Waals surface area contributed by atoms with Gasteiger partial charge in [-0.3, -0.25) is 9.59 Å². The monoisotopic (exact) mass is 287 g/mol. The van der Waals surface area contributed by atoms with Gasteiger partial charge in [-0.2, -0.15) is 0 Å². The topological polar surface area (TPSA) is 61.4 Å². The third kappa shape index (κ3) is 3.24. The van der Waals surface area contributed by atoms with E-state index in [1.165, 1.54) is 0 Å². The molecule has 0 unspecified atom stereocenters. The summed E-state index contributed by atoms with van der Waals surface area (Å²) >= 11 is 0. The van der Waals surface area contributed by atoms with Crippen molar-refractivity contribution in [2.45, 2.75) is 25.9 Å². The van der Waals surface area contributed by atoms with Crippen LogP contribution in [-0.4, -0.2) is 36.3 Å². The largest absolute Gasteiger partial charge is 0.352 e. The average molecular weight is 287 g/mol. The maximum Gasteiger partial charge on any atom is 0.225 e. The molecule has 2 aliphatic heterocycles. The molecular formula is C16H21N3O2. The van der Waals surface area contributed by atoms with E-state index in [9.17, 15) is 9.59 Å². The van der Waals surface area contributed by atoms with E-state index in [0.29, 0.717) is 19.5 Å². The van der Waals surface area contributed by atoms with Gasteiger partial charge in [-0.05, 0) is 17.5 Å². The number of hydrogen-bond acceptors (Lipinski definition) is 3. The van der Waals surface area contributed by atoms with Gasteiger partial charge in [-0.15, -0.1) is 0 Å². The molecule has 21 heavy (non-hydrogen) atoms. The van der Waals surface area contributed by atoms with Gasteiger partial charge < -0.3 is 15.5 Å². The van der Waals surface area contributed by atoms with Crippen molar-refractivity contribution in [1.29, 1.82) is 0 Å². The summed E-state index contributed by atoms with van der Waals surface area (Å²) in [4.78, 5) is 25.5. The van der Waals surface area contributed by atoms with Crippen LogP contribution >= 0.6 is 0 Å². The lowest BCUT2D eigenvalue weighted by atomic mass is 10.0. The number of hydrogen-bond donors (Lipinski definition) is 2. The normalized spacial score (nSPS) is 18.7. The molecule has 0 radical (unpaired) electrons. The fraction of sp³-hybridized carbons (Fsp3) is 0.500. The van der Waals surface area contributed by atoms with Crippen LogP contribution in [0, 0.1) is 5.92 Å². The molecule has 5 nitrogen and oxygen atoms in total. The SMILES string of the molecule is O=C(NCc1ccccc1CN1CCCC1=O)C1CNC1. The molecule has 2 amide bonds. The molecule has 3 rings (SSSR count). The summed E-state index contributed by atoms with van der Waals surface area (Å²) in [5.41, 5.74) is 2.22. The van der Waals surface area contributed by atoms with E-state index in [1.54, 1.807) is 0 Å². The van der Waals surface area contributed by atoms with Crippen LogP contribution in [0.2, 0.25) is 0 Å². The van der Waals surface area contributed by atoms with Gasteiger partial charge in [-0.25, -0.2) is 0 Å². The summed E-state index contributed by atoms with van der Waals surface area (Å²) in [6, 6.07) is 8.02. The zero-order valence-corrected chi connectivity index (χ0v) is 12.1. The van der Waals surface area contributed by atoms with E-state index >= 15 is 0 Å². The Kier molecular flexibility index (Phi) is 4.20. The first-order chi connectivity index (χ1) is 10.2. The van der Waals surface area contributed by atoms with Crippen LogP contribution in [0.15, 0.2) is 24.3 Å². The predicted molar refractivity (Wildman–Crippen MR) is 79.3 cm³/mol. The zero-order valence-electron chi connectivity index (χ0n) is 12.1. The second kappa shape index (κ2) is 6.26. The van der Waals surface area contributed by atoms with Crippen LogP contribution in [0.5, 0.6) is 0 Å². The molecule has 0 spiro atoms. The van der Waals surface area contributed by atoms with Gasteiger partial charge in [0.1, 0.15) is 0 Å². The Balaban J connectivity index is 1.61. The molecular weight excluding hydrogens is 266 g/mol. The van der Waals surface area contributed by atoms with Crippen molar-refractivity contribution < 1.29 is 9.59 Å². The first-order valence-corrected chi connectivity index (χ1v) is 7.57. The van der Waals surface area contributed by atoms with Gasteiger partial charge in [-0.1, -0.05) is 24.3 Å². The first-order valence-electron chi connectivity index (χ1n) is 7.57. The van der Waals surface area contributed by atoms with Crippen molar-refractivity contribution in [1.82, 2.24) is 15.5 Å². The lowest BCUT2D eigenvalue weighted by Crippen LogP contribution is -2.50. The second-order valence-electron chi connectivity index (χ2n) is 5.76. The average Bonchev–Trinajstić information content (AvgIpc) is 2.81. The number of rotatable bonds is 5. The van der Waals surface area contributed by atoms with Crippen LogP contribution in [-0.2, 0) is 22.7 Å². The van der Waals surface area contributed by atoms with E-state index in [0.717, 1.165) is 37.2 Å². The van der Waals surface area contributed by atoms with Gasteiger partial charge >= 0.3 is 0 Å². The standard InChI is InChI=1S/C16H21N3O2/c20-15-6-3-7-19(15)11-13-5-2-1-4-12(13)10-18-16(21)14-8-17-9-14/h1-2,4-5,14,17H,3,6-11H2,(H,18,21). The van der Waals surface area contributed by atoms with Crippen LogP contribution in [0.4, 0.5) is 0 Å². The van der Waals surface area contributed by atoms with Crippen molar-refractivity contribution in [3.8, 4) is 0 Å². The maximum atomic E-state index is 11.9. The highest BCUT2D eigenvalue weighted by Gasteiger charge is 2.25. The number of likely N-dealkylation sites (tertiary alicyclic amines) is 1. The Bertz CT molecular complexity index is 540. The highest BCUT2D eigenvalue weighted by molar-refractivity contribution is 5.80. The lowest BCUT2D eigenvalue weighted by Gasteiger charge is -2.26. The number of carbonyl (C=O) groups is 2. The minimum Gasteiger partial charge on any atom is -0.352 e. The molecule has 0 aliphatic carbocycles. The van der Waals surface area contributed by atoms with Crippen LogP contribution in [0.3, 0.4) is 0 Å². The molecule has 0 saturated carbocycles. The van der Waals surface area contributed by atoms with Gasteiger partial charge in [0.25, 0.3) is 0 Å². The van der Waals surface area contributed by atoms with Crippen molar-refractivity contribution in [3.63, 3.8) is 0 Å². The third-order valence-electron chi connectivity index (χ3n) is 4.26. The van der Waals surface area contributed by atoms with Crippen molar-refractivity contribution in [2.75, 3.05) is 19.6 Å². The van der Waals surface area contributed by atoms with E-state index < -0.39 is 0 Å². The van der Waals surface area contributed by atoms with Gasteiger partial charge in [0.05, 0.1) is 5.92 Å². The smallest absolute Gasteiger partial charge is 0.225 e. The number of amides is 2. The summed E-state index contributed by atoms with van der Waals surface area (Å²) in [5, 5.41) is 6.09. The molecule has 2 fully saturated rings. The summed E-state index contributed by atoms with van der Waals surface area (Å²) in [6.07, 6.45) is 1.61. The van der Waals surface area contributed by atoms with E-state index in [4.69, 9.17) is 0 Å². The zero-order chi connectivity index (χ0) is 14.7. The Morgan fingerprint density at radius 2 is 2.05 bits per heavy atom. The summed E-state index contributed by atoms with van der Waals surface area (Å²) in [6.45, 7) is 3.57. The highest BCUT2D eigenvalue weighted by atomic mass is 16.2. The minimum absolute atomic E-state index is 0.109. The molecule has 1 aromatic carbocycles.